The zero-order chi connectivity index (χ0) is 13.0. The number of pyridine rings is 1. The zero-order valence-corrected chi connectivity index (χ0v) is 10.6. The second kappa shape index (κ2) is 5.93. The molecule has 1 aliphatic heterocycles. The van der Waals surface area contributed by atoms with Crippen LogP contribution in [0.5, 0.6) is 0 Å². The van der Waals surface area contributed by atoms with E-state index in [1.54, 1.807) is 12.4 Å². The van der Waals surface area contributed by atoms with Crippen molar-refractivity contribution in [1.82, 2.24) is 9.88 Å². The number of carbonyl (C=O) groups excluding carboxylic acids is 1. The quantitative estimate of drug-likeness (QED) is 0.827. The van der Waals surface area contributed by atoms with Gasteiger partial charge >= 0.3 is 0 Å². The van der Waals surface area contributed by atoms with Gasteiger partial charge in [-0.15, -0.1) is 0 Å². The molecule has 1 aromatic heterocycles. The fourth-order valence-electron chi connectivity index (χ4n) is 2.22. The van der Waals surface area contributed by atoms with Gasteiger partial charge in [-0.1, -0.05) is 0 Å². The zero-order valence-electron chi connectivity index (χ0n) is 10.6. The van der Waals surface area contributed by atoms with Gasteiger partial charge in [0, 0.05) is 32.0 Å². The van der Waals surface area contributed by atoms with Gasteiger partial charge in [0.15, 0.2) is 0 Å². The third-order valence-electron chi connectivity index (χ3n) is 3.12. The SMILES string of the molecule is C[C@@H]1CN(CCc2ccncc2)C[C@H](C(N)=O)O1. The summed E-state index contributed by atoms with van der Waals surface area (Å²) in [6, 6.07) is 4.02. The Morgan fingerprint density at radius 1 is 1.50 bits per heavy atom. The van der Waals surface area contributed by atoms with E-state index < -0.39 is 6.10 Å². The Hall–Kier alpha value is -1.46. The summed E-state index contributed by atoms with van der Waals surface area (Å²) >= 11 is 0. The fraction of sp³-hybridized carbons (Fsp3) is 0.538. The molecule has 1 aliphatic rings. The summed E-state index contributed by atoms with van der Waals surface area (Å²) < 4.78 is 5.50. The van der Waals surface area contributed by atoms with Gasteiger partial charge in [-0.25, -0.2) is 0 Å². The number of carbonyl (C=O) groups is 1. The maximum absolute atomic E-state index is 11.2. The minimum atomic E-state index is -0.480. The third-order valence-corrected chi connectivity index (χ3v) is 3.12. The Morgan fingerprint density at radius 3 is 2.89 bits per heavy atom. The van der Waals surface area contributed by atoms with Crippen molar-refractivity contribution in [3.8, 4) is 0 Å². The highest BCUT2D eigenvalue weighted by Crippen LogP contribution is 2.11. The van der Waals surface area contributed by atoms with Gasteiger partial charge in [-0.3, -0.25) is 14.7 Å². The van der Waals surface area contributed by atoms with E-state index in [1.165, 1.54) is 5.56 Å². The van der Waals surface area contributed by atoms with E-state index in [1.807, 2.05) is 19.1 Å². The number of rotatable bonds is 4. The van der Waals surface area contributed by atoms with Crippen LogP contribution < -0.4 is 5.73 Å². The van der Waals surface area contributed by atoms with E-state index in [4.69, 9.17) is 10.5 Å². The Balaban J connectivity index is 1.87. The van der Waals surface area contributed by atoms with Crippen LogP contribution in [0.2, 0.25) is 0 Å². The van der Waals surface area contributed by atoms with Crippen LogP contribution in [-0.2, 0) is 16.0 Å². The predicted molar refractivity (Wildman–Crippen MR) is 67.9 cm³/mol. The Labute approximate surface area is 107 Å². The van der Waals surface area contributed by atoms with Gasteiger partial charge in [0.05, 0.1) is 6.10 Å². The summed E-state index contributed by atoms with van der Waals surface area (Å²) in [7, 11) is 0. The Kier molecular flexibility index (Phi) is 4.28. The summed E-state index contributed by atoms with van der Waals surface area (Å²) in [6.07, 6.45) is 4.10. The first kappa shape index (κ1) is 13.0. The van der Waals surface area contributed by atoms with Gasteiger partial charge in [0.25, 0.3) is 0 Å². The molecule has 0 spiro atoms. The molecule has 0 radical (unpaired) electrons. The highest BCUT2D eigenvalue weighted by Gasteiger charge is 2.28. The summed E-state index contributed by atoms with van der Waals surface area (Å²) in [5.41, 5.74) is 6.55. The minimum absolute atomic E-state index is 0.0497. The van der Waals surface area contributed by atoms with Crippen molar-refractivity contribution in [2.24, 2.45) is 5.73 Å². The lowest BCUT2D eigenvalue weighted by Crippen LogP contribution is -2.51. The van der Waals surface area contributed by atoms with Crippen LogP contribution in [0.15, 0.2) is 24.5 Å². The topological polar surface area (TPSA) is 68.5 Å². The number of nitrogens with two attached hydrogens (primary N) is 1. The molecule has 0 saturated carbocycles. The maximum atomic E-state index is 11.2. The molecule has 2 N–H and O–H groups in total. The molecule has 1 saturated heterocycles. The molecular weight excluding hydrogens is 230 g/mol. The number of amides is 1. The first-order valence-electron chi connectivity index (χ1n) is 6.21. The lowest BCUT2D eigenvalue weighted by Gasteiger charge is -2.35. The normalized spacial score (nSPS) is 24.9. The van der Waals surface area contributed by atoms with Crippen molar-refractivity contribution in [1.29, 1.82) is 0 Å². The first-order valence-corrected chi connectivity index (χ1v) is 6.21. The number of nitrogens with zero attached hydrogens (tertiary/aromatic N) is 2. The average molecular weight is 249 g/mol. The second-order valence-corrected chi connectivity index (χ2v) is 4.70. The van der Waals surface area contributed by atoms with Crippen molar-refractivity contribution in [2.45, 2.75) is 25.6 Å². The van der Waals surface area contributed by atoms with Crippen LogP contribution in [0.4, 0.5) is 0 Å². The maximum Gasteiger partial charge on any atom is 0.247 e. The fourth-order valence-corrected chi connectivity index (χ4v) is 2.22. The molecular formula is C13H19N3O2. The summed E-state index contributed by atoms with van der Waals surface area (Å²) in [6.45, 7) is 4.30. The largest absolute Gasteiger partial charge is 0.367 e. The molecule has 5 heteroatoms. The molecule has 1 fully saturated rings. The molecule has 18 heavy (non-hydrogen) atoms. The second-order valence-electron chi connectivity index (χ2n) is 4.70. The van der Waals surface area contributed by atoms with E-state index in [2.05, 4.69) is 9.88 Å². The molecule has 2 atom stereocenters. The van der Waals surface area contributed by atoms with Crippen LogP contribution in [0, 0.1) is 0 Å². The minimum Gasteiger partial charge on any atom is -0.367 e. The van der Waals surface area contributed by atoms with E-state index >= 15 is 0 Å². The van der Waals surface area contributed by atoms with Gasteiger partial charge in [-0.2, -0.15) is 0 Å². The molecule has 5 nitrogen and oxygen atoms in total. The highest BCUT2D eigenvalue weighted by molar-refractivity contribution is 5.79. The van der Waals surface area contributed by atoms with Crippen LogP contribution in [0.1, 0.15) is 12.5 Å². The summed E-state index contributed by atoms with van der Waals surface area (Å²) in [5.74, 6) is -0.379. The van der Waals surface area contributed by atoms with E-state index in [9.17, 15) is 4.79 Å². The van der Waals surface area contributed by atoms with Crippen LogP contribution in [-0.4, -0.2) is 47.6 Å². The van der Waals surface area contributed by atoms with E-state index in [0.29, 0.717) is 6.54 Å². The molecule has 0 bridgehead atoms. The van der Waals surface area contributed by atoms with Crippen LogP contribution in [0.3, 0.4) is 0 Å². The van der Waals surface area contributed by atoms with Crippen molar-refractivity contribution >= 4 is 5.91 Å². The summed E-state index contributed by atoms with van der Waals surface area (Å²) in [5, 5.41) is 0. The monoisotopic (exact) mass is 249 g/mol. The van der Waals surface area contributed by atoms with Crippen molar-refractivity contribution in [3.63, 3.8) is 0 Å². The molecule has 1 aromatic rings. The molecule has 2 rings (SSSR count). The lowest BCUT2D eigenvalue weighted by molar-refractivity contribution is -0.142. The van der Waals surface area contributed by atoms with Crippen LogP contribution >= 0.6 is 0 Å². The van der Waals surface area contributed by atoms with Gasteiger partial charge < -0.3 is 10.5 Å². The average Bonchev–Trinajstić information content (AvgIpc) is 2.37. The molecule has 0 aromatic carbocycles. The number of hydrogen-bond acceptors (Lipinski definition) is 4. The van der Waals surface area contributed by atoms with E-state index in [0.717, 1.165) is 19.5 Å². The highest BCUT2D eigenvalue weighted by atomic mass is 16.5. The van der Waals surface area contributed by atoms with Gasteiger partial charge in [0.2, 0.25) is 5.91 Å². The van der Waals surface area contributed by atoms with Crippen molar-refractivity contribution in [3.05, 3.63) is 30.1 Å². The molecule has 0 unspecified atom stereocenters. The van der Waals surface area contributed by atoms with Crippen LogP contribution in [0.25, 0.3) is 0 Å². The number of aromatic nitrogens is 1. The molecule has 1 amide bonds. The Morgan fingerprint density at radius 2 is 2.22 bits per heavy atom. The van der Waals surface area contributed by atoms with Gasteiger partial charge in [-0.05, 0) is 31.0 Å². The number of primary amides is 1. The van der Waals surface area contributed by atoms with Crippen molar-refractivity contribution < 1.29 is 9.53 Å². The Bertz CT molecular complexity index is 396. The first-order chi connectivity index (χ1) is 8.65. The smallest absolute Gasteiger partial charge is 0.247 e. The number of hydrogen-bond donors (Lipinski definition) is 1. The van der Waals surface area contributed by atoms with E-state index in [-0.39, 0.29) is 12.0 Å². The standard InChI is InChI=1S/C13H19N3O2/c1-10-8-16(9-12(18-10)13(14)17)7-4-11-2-5-15-6-3-11/h2-3,5-6,10,12H,4,7-9H2,1H3,(H2,14,17)/t10-,12-/m1/s1. The molecule has 98 valence electrons. The summed E-state index contributed by atoms with van der Waals surface area (Å²) in [4.78, 5) is 17.4. The lowest BCUT2D eigenvalue weighted by atomic mass is 10.1. The molecule has 2 heterocycles. The van der Waals surface area contributed by atoms with Gasteiger partial charge in [0.1, 0.15) is 6.10 Å². The third kappa shape index (κ3) is 3.51. The molecule has 0 aliphatic carbocycles. The number of morpholine rings is 1. The predicted octanol–water partition coefficient (Wildman–Crippen LogP) is 0.199. The van der Waals surface area contributed by atoms with Crippen molar-refractivity contribution in [2.75, 3.05) is 19.6 Å². The number of ether oxygens (including phenoxy) is 1.